The Labute approximate surface area is 158 Å². The predicted molar refractivity (Wildman–Crippen MR) is 99.5 cm³/mol. The quantitative estimate of drug-likeness (QED) is 0.727. The number of hydrazine groups is 1. The summed E-state index contributed by atoms with van der Waals surface area (Å²) in [5.41, 5.74) is 3.92. The number of hydrogen-bond acceptors (Lipinski definition) is 5. The van der Waals surface area contributed by atoms with E-state index in [1.165, 1.54) is 17.1 Å². The maximum absolute atomic E-state index is 12.2. The molecular weight excluding hydrogens is 368 g/mol. The number of amides is 1. The maximum Gasteiger partial charge on any atom is 0.260 e. The van der Waals surface area contributed by atoms with E-state index in [2.05, 4.69) is 15.4 Å². The molecule has 2 N–H and O–H groups in total. The van der Waals surface area contributed by atoms with Crippen LogP contribution >= 0.6 is 0 Å². The van der Waals surface area contributed by atoms with Crippen LogP contribution in [0, 0.1) is 0 Å². The molecule has 27 heavy (non-hydrogen) atoms. The van der Waals surface area contributed by atoms with Crippen LogP contribution in [0.15, 0.2) is 35.5 Å². The molecule has 0 saturated carbocycles. The van der Waals surface area contributed by atoms with Gasteiger partial charge in [0.25, 0.3) is 10.0 Å². The minimum atomic E-state index is -3.85. The monoisotopic (exact) mass is 392 g/mol. The van der Waals surface area contributed by atoms with E-state index in [1.807, 2.05) is 39.0 Å². The highest BCUT2D eigenvalue weighted by molar-refractivity contribution is 7.89. The third-order valence-corrected chi connectivity index (χ3v) is 5.64. The van der Waals surface area contributed by atoms with Crippen molar-refractivity contribution in [1.82, 2.24) is 20.0 Å². The smallest absolute Gasteiger partial charge is 0.260 e. The van der Waals surface area contributed by atoms with Crippen molar-refractivity contribution >= 4 is 15.9 Å². The average Bonchev–Trinajstić information content (AvgIpc) is 3.10. The van der Waals surface area contributed by atoms with Gasteiger partial charge in [-0.3, -0.25) is 14.9 Å². The number of nitrogens with one attached hydrogen (secondary N) is 2. The summed E-state index contributed by atoms with van der Waals surface area (Å²) in [5, 5.41) is 3.92. The van der Waals surface area contributed by atoms with Gasteiger partial charge in [0.1, 0.15) is 16.2 Å². The number of fused-ring (bicyclic) bond motifs is 1. The molecule has 146 valence electrons. The van der Waals surface area contributed by atoms with Gasteiger partial charge in [-0.1, -0.05) is 12.1 Å². The molecule has 2 heterocycles. The van der Waals surface area contributed by atoms with Crippen molar-refractivity contribution in [3.05, 3.63) is 41.7 Å². The zero-order valence-electron chi connectivity index (χ0n) is 15.7. The van der Waals surface area contributed by atoms with Gasteiger partial charge in [-0.25, -0.2) is 8.42 Å². The van der Waals surface area contributed by atoms with E-state index in [-0.39, 0.29) is 16.9 Å². The zero-order valence-corrected chi connectivity index (χ0v) is 16.5. The van der Waals surface area contributed by atoms with Gasteiger partial charge in [0.05, 0.1) is 12.6 Å². The Hall–Kier alpha value is -2.39. The Morgan fingerprint density at radius 3 is 2.85 bits per heavy atom. The average molecular weight is 392 g/mol. The van der Waals surface area contributed by atoms with E-state index in [9.17, 15) is 13.2 Å². The molecule has 0 spiro atoms. The Morgan fingerprint density at radius 1 is 1.37 bits per heavy atom. The second-order valence-electron chi connectivity index (χ2n) is 7.17. The molecule has 1 aromatic heterocycles. The van der Waals surface area contributed by atoms with Gasteiger partial charge in [-0.2, -0.15) is 5.10 Å². The van der Waals surface area contributed by atoms with E-state index in [0.29, 0.717) is 6.54 Å². The molecule has 1 aliphatic heterocycles. The molecule has 9 heteroatoms. The lowest BCUT2D eigenvalue weighted by Crippen LogP contribution is -2.42. The third-order valence-electron chi connectivity index (χ3n) is 4.44. The van der Waals surface area contributed by atoms with Crippen molar-refractivity contribution in [2.75, 3.05) is 0 Å². The fraction of sp³-hybridized carbons (Fsp3) is 0.444. The molecule has 0 unspecified atom stereocenters. The number of hydrogen-bond donors (Lipinski definition) is 2. The first-order valence-corrected chi connectivity index (χ1v) is 10.3. The summed E-state index contributed by atoms with van der Waals surface area (Å²) in [6, 6.07) is 5.62. The molecule has 1 aliphatic rings. The zero-order chi connectivity index (χ0) is 19.7. The number of carbonyl (C=O) groups is 1. The van der Waals surface area contributed by atoms with Crippen LogP contribution in [0.1, 0.15) is 38.3 Å². The number of ether oxygens (including phenoxy) is 1. The van der Waals surface area contributed by atoms with E-state index in [4.69, 9.17) is 4.74 Å². The number of rotatable bonds is 6. The Kier molecular flexibility index (Phi) is 5.25. The molecule has 0 radical (unpaired) electrons. The molecule has 0 aliphatic carbocycles. The van der Waals surface area contributed by atoms with Gasteiger partial charge in [0.2, 0.25) is 5.91 Å². The first-order valence-electron chi connectivity index (χ1n) is 8.82. The molecule has 2 aromatic rings. The second-order valence-corrected chi connectivity index (χ2v) is 8.85. The highest BCUT2D eigenvalue weighted by atomic mass is 32.2. The first-order chi connectivity index (χ1) is 12.7. The van der Waals surface area contributed by atoms with Gasteiger partial charge < -0.3 is 4.74 Å². The molecule has 8 nitrogen and oxygen atoms in total. The number of aromatic nitrogens is 2. The van der Waals surface area contributed by atoms with E-state index in [1.54, 1.807) is 0 Å². The minimum Gasteiger partial charge on any atom is -0.488 e. The molecule has 0 fully saturated rings. The van der Waals surface area contributed by atoms with Gasteiger partial charge in [0.15, 0.2) is 0 Å². The highest BCUT2D eigenvalue weighted by Crippen LogP contribution is 2.33. The van der Waals surface area contributed by atoms with Crippen molar-refractivity contribution in [3.63, 3.8) is 0 Å². The molecule has 1 aromatic carbocycles. The first kappa shape index (κ1) is 19.4. The minimum absolute atomic E-state index is 0.00167. The van der Waals surface area contributed by atoms with Crippen molar-refractivity contribution < 1.29 is 17.9 Å². The predicted octanol–water partition coefficient (Wildman–Crippen LogP) is 1.56. The van der Waals surface area contributed by atoms with Crippen LogP contribution in [-0.2, 0) is 34.2 Å². The van der Waals surface area contributed by atoms with Crippen molar-refractivity contribution in [3.8, 4) is 5.75 Å². The second kappa shape index (κ2) is 7.32. The number of nitrogens with zero attached hydrogens (tertiary/aromatic N) is 2. The summed E-state index contributed by atoms with van der Waals surface area (Å²) in [6.45, 7) is 6.51. The summed E-state index contributed by atoms with van der Waals surface area (Å²) in [6.07, 6.45) is 4.49. The molecule has 0 atom stereocenters. The number of aryl methyl sites for hydroxylation is 2. The van der Waals surface area contributed by atoms with Crippen LogP contribution in [0.3, 0.4) is 0 Å². The van der Waals surface area contributed by atoms with E-state index >= 15 is 0 Å². The van der Waals surface area contributed by atoms with Crippen LogP contribution in [-0.4, -0.2) is 29.7 Å². The third kappa shape index (κ3) is 4.67. The molecule has 3 rings (SSSR count). The maximum atomic E-state index is 12.2. The Balaban J connectivity index is 1.60. The normalized spacial score (nSPS) is 15.7. The molecular formula is C18H24N4O4S. The lowest BCUT2D eigenvalue weighted by molar-refractivity contribution is -0.120. The van der Waals surface area contributed by atoms with Gasteiger partial charge in [0, 0.05) is 12.7 Å². The largest absolute Gasteiger partial charge is 0.488 e. The van der Waals surface area contributed by atoms with Crippen molar-refractivity contribution in [2.24, 2.45) is 0 Å². The summed E-state index contributed by atoms with van der Waals surface area (Å²) in [4.78, 5) is 14.2. The van der Waals surface area contributed by atoms with Crippen LogP contribution in [0.5, 0.6) is 5.75 Å². The van der Waals surface area contributed by atoms with Crippen LogP contribution in [0.2, 0.25) is 0 Å². The lowest BCUT2D eigenvalue weighted by Gasteiger charge is -2.32. The van der Waals surface area contributed by atoms with E-state index in [0.717, 1.165) is 29.7 Å². The highest BCUT2D eigenvalue weighted by Gasteiger charge is 2.26. The molecule has 1 amide bonds. The summed E-state index contributed by atoms with van der Waals surface area (Å²) < 4.78 is 31.8. The van der Waals surface area contributed by atoms with Crippen molar-refractivity contribution in [2.45, 2.75) is 57.1 Å². The van der Waals surface area contributed by atoms with Gasteiger partial charge >= 0.3 is 0 Å². The van der Waals surface area contributed by atoms with Crippen LogP contribution < -0.4 is 15.0 Å². The fourth-order valence-corrected chi connectivity index (χ4v) is 3.70. The summed E-state index contributed by atoms with van der Waals surface area (Å²) in [5.74, 6) is 0.391. The number of benzene rings is 1. The van der Waals surface area contributed by atoms with Gasteiger partial charge in [-0.05, 0) is 50.8 Å². The summed E-state index contributed by atoms with van der Waals surface area (Å²) >= 11 is 0. The van der Waals surface area contributed by atoms with Crippen molar-refractivity contribution in [1.29, 1.82) is 0 Å². The number of sulfonamides is 1. The Bertz CT molecular complexity index is 950. The lowest BCUT2D eigenvalue weighted by atomic mass is 9.93. The fourth-order valence-electron chi connectivity index (χ4n) is 2.89. The SMILES string of the molecule is CCn1cc(S(=O)(=O)NNC(=O)Cc2ccc3c(c2)CCC(C)(C)O3)cn1. The van der Waals surface area contributed by atoms with Crippen LogP contribution in [0.4, 0.5) is 0 Å². The topological polar surface area (TPSA) is 102 Å². The standard InChI is InChI=1S/C18H24N4O4S/c1-4-22-12-15(11-19-22)27(24,25)21-20-17(23)10-13-5-6-16-14(9-13)7-8-18(2,3)26-16/h5-6,9,11-12,21H,4,7-8,10H2,1-3H3,(H,20,23). The summed E-state index contributed by atoms with van der Waals surface area (Å²) in [7, 11) is -3.85. The number of carbonyl (C=O) groups excluding carboxylic acids is 1. The molecule has 0 bridgehead atoms. The molecule has 0 saturated heterocycles. The van der Waals surface area contributed by atoms with E-state index < -0.39 is 15.9 Å². The van der Waals surface area contributed by atoms with Gasteiger partial charge in [-0.15, -0.1) is 4.83 Å². The Morgan fingerprint density at radius 2 is 2.15 bits per heavy atom. The van der Waals surface area contributed by atoms with Crippen LogP contribution in [0.25, 0.3) is 0 Å².